The SMILES string of the molecule is Cc1nn(-c2ccccc2)c2sc(C(=O)N3CCC[C@@H]4C(=O)NC[C@@H]43)cc12. The Morgan fingerprint density at radius 2 is 2.11 bits per heavy atom. The topological polar surface area (TPSA) is 67.2 Å². The number of nitrogens with one attached hydrogen (secondary N) is 1. The van der Waals surface area contributed by atoms with Crippen LogP contribution >= 0.6 is 11.3 Å². The Kier molecular flexibility index (Phi) is 3.79. The summed E-state index contributed by atoms with van der Waals surface area (Å²) in [5.74, 6) is 0.0597. The summed E-state index contributed by atoms with van der Waals surface area (Å²) < 4.78 is 1.91. The lowest BCUT2D eigenvalue weighted by Crippen LogP contribution is -2.48. The predicted molar refractivity (Wildman–Crippen MR) is 104 cm³/mol. The Morgan fingerprint density at radius 3 is 2.93 bits per heavy atom. The maximum Gasteiger partial charge on any atom is 0.264 e. The first-order valence-corrected chi connectivity index (χ1v) is 10.1. The van der Waals surface area contributed by atoms with Crippen molar-refractivity contribution in [1.29, 1.82) is 0 Å². The van der Waals surface area contributed by atoms with Gasteiger partial charge >= 0.3 is 0 Å². The van der Waals surface area contributed by atoms with Gasteiger partial charge in [-0.15, -0.1) is 11.3 Å². The zero-order chi connectivity index (χ0) is 18.5. The monoisotopic (exact) mass is 380 g/mol. The van der Waals surface area contributed by atoms with E-state index >= 15 is 0 Å². The van der Waals surface area contributed by atoms with Crippen LogP contribution in [0.1, 0.15) is 28.2 Å². The molecular formula is C20H20N4O2S. The van der Waals surface area contributed by atoms with Crippen molar-refractivity contribution in [2.45, 2.75) is 25.8 Å². The van der Waals surface area contributed by atoms with Crippen LogP contribution in [0.25, 0.3) is 15.9 Å². The number of aryl methyl sites for hydroxylation is 1. The lowest BCUT2D eigenvalue weighted by Gasteiger charge is -2.35. The standard InChI is InChI=1S/C20H20N4O2S/c1-12-15-10-17(27-20(15)24(22-12)13-6-3-2-4-7-13)19(26)23-9-5-8-14-16(23)11-21-18(14)25/h2-4,6-7,10,14,16H,5,8-9,11H2,1H3,(H,21,25)/t14-,16-/m0/s1. The molecule has 2 atom stereocenters. The van der Waals surface area contributed by atoms with Gasteiger partial charge in [-0.1, -0.05) is 18.2 Å². The van der Waals surface area contributed by atoms with E-state index in [4.69, 9.17) is 0 Å². The van der Waals surface area contributed by atoms with E-state index in [0.717, 1.165) is 39.3 Å². The Balaban J connectivity index is 1.52. The number of fused-ring (bicyclic) bond motifs is 2. The van der Waals surface area contributed by atoms with E-state index in [1.54, 1.807) is 0 Å². The molecule has 7 heteroatoms. The molecule has 2 fully saturated rings. The van der Waals surface area contributed by atoms with Gasteiger partial charge in [-0.25, -0.2) is 4.68 Å². The average molecular weight is 380 g/mol. The molecule has 2 aliphatic heterocycles. The molecule has 0 radical (unpaired) electrons. The van der Waals surface area contributed by atoms with Gasteiger partial charge in [0.05, 0.1) is 28.2 Å². The first-order valence-electron chi connectivity index (χ1n) is 9.27. The second kappa shape index (κ2) is 6.20. The number of carbonyl (C=O) groups is 2. The zero-order valence-electron chi connectivity index (χ0n) is 15.0. The quantitative estimate of drug-likeness (QED) is 0.743. The highest BCUT2D eigenvalue weighted by atomic mass is 32.1. The number of amides is 2. The summed E-state index contributed by atoms with van der Waals surface area (Å²) in [6.07, 6.45) is 1.75. The number of carbonyl (C=O) groups excluding carboxylic acids is 2. The van der Waals surface area contributed by atoms with Crippen LogP contribution in [0.5, 0.6) is 0 Å². The zero-order valence-corrected chi connectivity index (χ0v) is 15.8. The molecule has 6 nitrogen and oxygen atoms in total. The number of nitrogens with zero attached hydrogens (tertiary/aromatic N) is 3. The molecule has 1 N–H and O–H groups in total. The largest absolute Gasteiger partial charge is 0.354 e. The summed E-state index contributed by atoms with van der Waals surface area (Å²) in [4.78, 5) is 28.8. The van der Waals surface area contributed by atoms with Crippen LogP contribution in [-0.2, 0) is 4.79 Å². The van der Waals surface area contributed by atoms with Gasteiger partial charge in [0.1, 0.15) is 4.83 Å². The molecule has 0 saturated carbocycles. The molecule has 0 spiro atoms. The number of likely N-dealkylation sites (tertiary alicyclic amines) is 1. The number of piperidine rings is 1. The van der Waals surface area contributed by atoms with Crippen molar-refractivity contribution >= 4 is 33.4 Å². The average Bonchev–Trinajstić information content (AvgIpc) is 3.37. The summed E-state index contributed by atoms with van der Waals surface area (Å²) in [6.45, 7) is 3.25. The fraction of sp³-hybridized carbons (Fsp3) is 0.350. The maximum absolute atomic E-state index is 13.2. The molecule has 4 heterocycles. The molecule has 0 unspecified atom stereocenters. The molecule has 2 saturated heterocycles. The maximum atomic E-state index is 13.2. The van der Waals surface area contributed by atoms with Gasteiger partial charge in [-0.05, 0) is 38.0 Å². The van der Waals surface area contributed by atoms with Gasteiger partial charge in [0, 0.05) is 18.5 Å². The Morgan fingerprint density at radius 1 is 1.30 bits per heavy atom. The van der Waals surface area contributed by atoms with E-state index in [9.17, 15) is 9.59 Å². The van der Waals surface area contributed by atoms with E-state index in [-0.39, 0.29) is 23.8 Å². The van der Waals surface area contributed by atoms with E-state index < -0.39 is 0 Å². The number of thiophene rings is 1. The van der Waals surface area contributed by atoms with Crippen molar-refractivity contribution in [2.75, 3.05) is 13.1 Å². The molecule has 0 aliphatic carbocycles. The highest BCUT2D eigenvalue weighted by Crippen LogP contribution is 2.34. The Hall–Kier alpha value is -2.67. The number of benzene rings is 1. The normalized spacial score (nSPS) is 22.1. The summed E-state index contributed by atoms with van der Waals surface area (Å²) in [5.41, 5.74) is 1.90. The lowest BCUT2D eigenvalue weighted by molar-refractivity contribution is -0.123. The van der Waals surface area contributed by atoms with Gasteiger partial charge in [-0.3, -0.25) is 9.59 Å². The van der Waals surface area contributed by atoms with Crippen molar-refractivity contribution in [3.8, 4) is 5.69 Å². The van der Waals surface area contributed by atoms with Gasteiger partial charge in [-0.2, -0.15) is 5.10 Å². The number of rotatable bonds is 2. The van der Waals surface area contributed by atoms with Crippen LogP contribution in [0.3, 0.4) is 0 Å². The Labute approximate surface area is 160 Å². The molecule has 2 aliphatic rings. The third-order valence-electron chi connectivity index (χ3n) is 5.62. The summed E-state index contributed by atoms with van der Waals surface area (Å²) in [5, 5.41) is 8.57. The van der Waals surface area contributed by atoms with Gasteiger partial charge in [0.2, 0.25) is 5.91 Å². The van der Waals surface area contributed by atoms with Crippen LogP contribution in [0, 0.1) is 12.8 Å². The first-order chi connectivity index (χ1) is 13.1. The molecule has 2 aromatic heterocycles. The molecular weight excluding hydrogens is 360 g/mol. The number of hydrogen-bond acceptors (Lipinski definition) is 4. The highest BCUT2D eigenvalue weighted by molar-refractivity contribution is 7.20. The molecule has 5 rings (SSSR count). The van der Waals surface area contributed by atoms with Crippen molar-refractivity contribution in [2.24, 2.45) is 5.92 Å². The highest BCUT2D eigenvalue weighted by Gasteiger charge is 2.43. The minimum Gasteiger partial charge on any atom is -0.354 e. The third kappa shape index (κ3) is 2.56. The van der Waals surface area contributed by atoms with Gasteiger partial charge in [0.15, 0.2) is 0 Å². The Bertz CT molecular complexity index is 1040. The van der Waals surface area contributed by atoms with Crippen LogP contribution in [0.2, 0.25) is 0 Å². The number of para-hydroxylation sites is 1. The fourth-order valence-electron chi connectivity index (χ4n) is 4.24. The predicted octanol–water partition coefficient (Wildman–Crippen LogP) is 2.75. The van der Waals surface area contributed by atoms with Gasteiger partial charge < -0.3 is 10.2 Å². The lowest BCUT2D eigenvalue weighted by atomic mass is 9.91. The van der Waals surface area contributed by atoms with Crippen molar-refractivity contribution in [3.63, 3.8) is 0 Å². The second-order valence-electron chi connectivity index (χ2n) is 7.22. The van der Waals surface area contributed by atoms with Crippen molar-refractivity contribution in [3.05, 3.63) is 47.0 Å². The van der Waals surface area contributed by atoms with Crippen LogP contribution in [0.4, 0.5) is 0 Å². The molecule has 1 aromatic carbocycles. The second-order valence-corrected chi connectivity index (χ2v) is 8.25. The summed E-state index contributed by atoms with van der Waals surface area (Å²) in [7, 11) is 0. The fourth-order valence-corrected chi connectivity index (χ4v) is 5.38. The number of hydrogen-bond donors (Lipinski definition) is 1. The van der Waals surface area contributed by atoms with Gasteiger partial charge in [0.25, 0.3) is 5.91 Å². The van der Waals surface area contributed by atoms with Crippen molar-refractivity contribution < 1.29 is 9.59 Å². The van der Waals surface area contributed by atoms with Crippen LogP contribution in [0.15, 0.2) is 36.4 Å². The first kappa shape index (κ1) is 16.5. The van der Waals surface area contributed by atoms with E-state index in [1.807, 2.05) is 52.9 Å². The molecule has 27 heavy (non-hydrogen) atoms. The minimum absolute atomic E-state index is 0.0179. The minimum atomic E-state index is -0.0568. The van der Waals surface area contributed by atoms with Crippen molar-refractivity contribution in [1.82, 2.24) is 20.0 Å². The summed E-state index contributed by atoms with van der Waals surface area (Å²) in [6, 6.07) is 11.9. The molecule has 3 aromatic rings. The number of aromatic nitrogens is 2. The van der Waals surface area contributed by atoms with Crippen LogP contribution in [-0.4, -0.2) is 45.6 Å². The summed E-state index contributed by atoms with van der Waals surface area (Å²) >= 11 is 1.48. The smallest absolute Gasteiger partial charge is 0.264 e. The van der Waals surface area contributed by atoms with Crippen LogP contribution < -0.4 is 5.32 Å². The third-order valence-corrected chi connectivity index (χ3v) is 6.72. The van der Waals surface area contributed by atoms with E-state index in [0.29, 0.717) is 13.1 Å². The molecule has 2 amide bonds. The van der Waals surface area contributed by atoms with E-state index in [1.165, 1.54) is 11.3 Å². The molecule has 138 valence electrons. The van der Waals surface area contributed by atoms with E-state index in [2.05, 4.69) is 10.4 Å². The molecule has 0 bridgehead atoms.